The van der Waals surface area contributed by atoms with Gasteiger partial charge in [-0.05, 0) is 13.0 Å². The smallest absolute Gasteiger partial charge is 0.0794 e. The molecule has 0 aliphatic carbocycles. The summed E-state index contributed by atoms with van der Waals surface area (Å²) < 4.78 is 1.84. The van der Waals surface area contributed by atoms with Gasteiger partial charge >= 0.3 is 0 Å². The van der Waals surface area contributed by atoms with Crippen molar-refractivity contribution in [2.45, 2.75) is 19.5 Å². The Kier molecular flexibility index (Phi) is 3.81. The Morgan fingerprint density at radius 1 is 1.47 bits per heavy atom. The molecule has 0 fully saturated rings. The van der Waals surface area contributed by atoms with Crippen molar-refractivity contribution in [3.63, 3.8) is 0 Å². The topological polar surface area (TPSA) is 55.6 Å². The molecule has 6 heteroatoms. The Hall–Kier alpha value is -1.27. The lowest BCUT2D eigenvalue weighted by Crippen LogP contribution is -2.16. The minimum Gasteiger partial charge on any atom is -0.312 e. The van der Waals surface area contributed by atoms with E-state index in [0.29, 0.717) is 0 Å². The summed E-state index contributed by atoms with van der Waals surface area (Å²) in [4.78, 5) is 5.29. The van der Waals surface area contributed by atoms with E-state index in [4.69, 9.17) is 0 Å². The van der Waals surface area contributed by atoms with Crippen molar-refractivity contribution in [2.75, 3.05) is 6.54 Å². The summed E-state index contributed by atoms with van der Waals surface area (Å²) in [5.74, 6) is 0. The van der Waals surface area contributed by atoms with Gasteiger partial charge in [-0.2, -0.15) is 0 Å². The highest BCUT2D eigenvalue weighted by Crippen LogP contribution is 2.03. The zero-order chi connectivity index (χ0) is 10.3. The Morgan fingerprint density at radius 3 is 3.20 bits per heavy atom. The molecule has 2 aromatic heterocycles. The van der Waals surface area contributed by atoms with Crippen molar-refractivity contribution in [2.24, 2.45) is 0 Å². The summed E-state index contributed by atoms with van der Waals surface area (Å²) in [6.07, 6.45) is 6.53. The van der Waals surface area contributed by atoms with E-state index in [0.717, 1.165) is 26.1 Å². The fourth-order valence-electron chi connectivity index (χ4n) is 1.26. The van der Waals surface area contributed by atoms with E-state index in [2.05, 4.69) is 20.6 Å². The van der Waals surface area contributed by atoms with Gasteiger partial charge in [0.1, 0.15) is 0 Å². The van der Waals surface area contributed by atoms with E-state index in [1.54, 1.807) is 17.5 Å². The first kappa shape index (κ1) is 10.3. The molecule has 2 rings (SSSR count). The Morgan fingerprint density at radius 2 is 2.47 bits per heavy atom. The number of nitrogens with one attached hydrogen (secondary N) is 1. The van der Waals surface area contributed by atoms with E-state index >= 15 is 0 Å². The van der Waals surface area contributed by atoms with Crippen LogP contribution in [0.4, 0.5) is 0 Å². The first-order valence-corrected chi connectivity index (χ1v) is 5.75. The molecule has 0 aromatic carbocycles. The predicted octanol–water partition coefficient (Wildman–Crippen LogP) is 0.915. The third-order valence-electron chi connectivity index (χ3n) is 2.00. The van der Waals surface area contributed by atoms with Crippen LogP contribution in [0.5, 0.6) is 0 Å². The summed E-state index contributed by atoms with van der Waals surface area (Å²) >= 11 is 1.68. The average molecular weight is 223 g/mol. The molecule has 80 valence electrons. The third kappa shape index (κ3) is 3.41. The number of hydrogen-bond acceptors (Lipinski definition) is 5. The molecule has 5 nitrogen and oxygen atoms in total. The molecule has 0 spiro atoms. The lowest BCUT2D eigenvalue weighted by atomic mass is 10.4. The highest BCUT2D eigenvalue weighted by molar-refractivity contribution is 7.09. The molecule has 0 bridgehead atoms. The average Bonchev–Trinajstić information content (AvgIpc) is 2.88. The van der Waals surface area contributed by atoms with E-state index in [1.807, 2.05) is 22.6 Å². The minimum absolute atomic E-state index is 0.905. The molecule has 2 aromatic rings. The molecular formula is C9H13N5S. The highest BCUT2D eigenvalue weighted by Gasteiger charge is 1.94. The first-order valence-electron chi connectivity index (χ1n) is 4.87. The van der Waals surface area contributed by atoms with Gasteiger partial charge < -0.3 is 5.32 Å². The van der Waals surface area contributed by atoms with Gasteiger partial charge in [-0.1, -0.05) is 5.21 Å². The largest absolute Gasteiger partial charge is 0.312 e. The number of nitrogens with zero attached hydrogens (tertiary/aromatic N) is 4. The second-order valence-electron chi connectivity index (χ2n) is 3.16. The van der Waals surface area contributed by atoms with Crippen LogP contribution < -0.4 is 5.32 Å². The van der Waals surface area contributed by atoms with E-state index in [1.165, 1.54) is 4.88 Å². The van der Waals surface area contributed by atoms with Gasteiger partial charge in [0.25, 0.3) is 0 Å². The first-order chi connectivity index (χ1) is 7.45. The quantitative estimate of drug-likeness (QED) is 0.740. The van der Waals surface area contributed by atoms with Crippen LogP contribution in [0.1, 0.15) is 11.3 Å². The Balaban J connectivity index is 1.56. The lowest BCUT2D eigenvalue weighted by molar-refractivity contribution is 0.531. The molecule has 0 unspecified atom stereocenters. The maximum Gasteiger partial charge on any atom is 0.0794 e. The summed E-state index contributed by atoms with van der Waals surface area (Å²) in [6, 6.07) is 0. The van der Waals surface area contributed by atoms with Crippen LogP contribution in [0.3, 0.4) is 0 Å². The second-order valence-corrected chi connectivity index (χ2v) is 4.14. The van der Waals surface area contributed by atoms with Crippen molar-refractivity contribution >= 4 is 11.3 Å². The van der Waals surface area contributed by atoms with Crippen LogP contribution in [0.25, 0.3) is 0 Å². The van der Waals surface area contributed by atoms with Crippen molar-refractivity contribution in [3.05, 3.63) is 29.0 Å². The highest BCUT2D eigenvalue weighted by atomic mass is 32.1. The van der Waals surface area contributed by atoms with E-state index in [-0.39, 0.29) is 0 Å². The van der Waals surface area contributed by atoms with Gasteiger partial charge in [-0.25, -0.2) is 0 Å². The van der Waals surface area contributed by atoms with Crippen LogP contribution in [0.15, 0.2) is 24.1 Å². The number of hydrogen-bond donors (Lipinski definition) is 1. The molecule has 2 heterocycles. The predicted molar refractivity (Wildman–Crippen MR) is 58.5 cm³/mol. The summed E-state index contributed by atoms with van der Waals surface area (Å²) in [5, 5.41) is 11.0. The van der Waals surface area contributed by atoms with Gasteiger partial charge in [0, 0.05) is 30.4 Å². The number of thiazole rings is 1. The fourth-order valence-corrected chi connectivity index (χ4v) is 1.82. The Labute approximate surface area is 92.2 Å². The van der Waals surface area contributed by atoms with Crippen molar-refractivity contribution in [3.8, 4) is 0 Å². The van der Waals surface area contributed by atoms with Gasteiger partial charge in [-0.15, -0.1) is 16.4 Å². The standard InChI is InChI=1S/C9H13N5S/c1(4-14-5-3-12-13-14)2-10-6-9-7-11-8-15-9/h3,5,7-8,10H,1-2,4,6H2. The van der Waals surface area contributed by atoms with Crippen molar-refractivity contribution < 1.29 is 0 Å². The molecule has 0 radical (unpaired) electrons. The second kappa shape index (κ2) is 5.57. The van der Waals surface area contributed by atoms with Crippen LogP contribution in [-0.4, -0.2) is 26.5 Å². The summed E-state index contributed by atoms with van der Waals surface area (Å²) in [5.41, 5.74) is 1.85. The normalized spacial score (nSPS) is 10.7. The SMILES string of the molecule is c1cn(CCCNCc2cncs2)nn1. The molecule has 0 aliphatic heterocycles. The molecule has 0 aliphatic rings. The van der Waals surface area contributed by atoms with Crippen LogP contribution in [-0.2, 0) is 13.1 Å². The molecule has 0 atom stereocenters. The van der Waals surface area contributed by atoms with Gasteiger partial charge in [-0.3, -0.25) is 9.67 Å². The zero-order valence-electron chi connectivity index (χ0n) is 8.33. The lowest BCUT2D eigenvalue weighted by Gasteiger charge is -2.02. The molecule has 0 saturated heterocycles. The van der Waals surface area contributed by atoms with Gasteiger partial charge in [0.2, 0.25) is 0 Å². The summed E-state index contributed by atoms with van der Waals surface area (Å²) in [6.45, 7) is 2.80. The Bertz CT molecular complexity index is 320. The third-order valence-corrected chi connectivity index (χ3v) is 2.78. The number of aromatic nitrogens is 4. The van der Waals surface area contributed by atoms with Gasteiger partial charge in [0.15, 0.2) is 0 Å². The van der Waals surface area contributed by atoms with Crippen molar-refractivity contribution in [1.82, 2.24) is 25.3 Å². The number of aryl methyl sites for hydroxylation is 1. The van der Waals surface area contributed by atoms with Crippen LogP contribution in [0, 0.1) is 0 Å². The molecule has 15 heavy (non-hydrogen) atoms. The minimum atomic E-state index is 0.905. The fraction of sp³-hybridized carbons (Fsp3) is 0.444. The van der Waals surface area contributed by atoms with E-state index < -0.39 is 0 Å². The number of rotatable bonds is 6. The van der Waals surface area contributed by atoms with Gasteiger partial charge in [0.05, 0.1) is 11.7 Å². The summed E-state index contributed by atoms with van der Waals surface area (Å²) in [7, 11) is 0. The molecule has 1 N–H and O–H groups in total. The van der Waals surface area contributed by atoms with Crippen LogP contribution >= 0.6 is 11.3 Å². The van der Waals surface area contributed by atoms with Crippen molar-refractivity contribution in [1.29, 1.82) is 0 Å². The maximum atomic E-state index is 4.02. The molecule has 0 saturated carbocycles. The van der Waals surface area contributed by atoms with E-state index in [9.17, 15) is 0 Å². The van der Waals surface area contributed by atoms with Crippen LogP contribution in [0.2, 0.25) is 0 Å². The zero-order valence-corrected chi connectivity index (χ0v) is 9.15. The molecule has 0 amide bonds. The molecular weight excluding hydrogens is 210 g/mol. The monoisotopic (exact) mass is 223 g/mol. The maximum absolute atomic E-state index is 4.02.